The number of rotatable bonds is 15. The molecule has 6 atom stereocenters. The molecule has 0 bridgehead atoms. The number of thioether (sulfide) groups is 1. The number of fused-ring (bicyclic) bond motifs is 1. The lowest BCUT2D eigenvalue weighted by Crippen LogP contribution is -2.61. The molecule has 12 heteroatoms. The van der Waals surface area contributed by atoms with Crippen molar-refractivity contribution in [1.29, 1.82) is 0 Å². The van der Waals surface area contributed by atoms with Gasteiger partial charge < -0.3 is 36.9 Å². The van der Waals surface area contributed by atoms with Crippen molar-refractivity contribution in [2.75, 3.05) is 12.0 Å². The molecule has 0 radical (unpaired) electrons. The minimum Gasteiger partial charge on any atom is -0.480 e. The third-order valence-electron chi connectivity index (χ3n) is 6.54. The van der Waals surface area contributed by atoms with Gasteiger partial charge in [0.15, 0.2) is 0 Å². The quantitative estimate of drug-likeness (QED) is 0.170. The molecule has 6 unspecified atom stereocenters. The van der Waals surface area contributed by atoms with Crippen molar-refractivity contribution in [3.8, 4) is 0 Å². The lowest BCUT2D eigenvalue weighted by Gasteiger charge is -2.29. The highest BCUT2D eigenvalue weighted by Gasteiger charge is 2.34. The van der Waals surface area contributed by atoms with Gasteiger partial charge in [-0.1, -0.05) is 38.5 Å². The fourth-order valence-electron chi connectivity index (χ4n) is 3.97. The number of benzene rings is 1. The van der Waals surface area contributed by atoms with Crippen LogP contribution in [0.5, 0.6) is 0 Å². The Morgan fingerprint density at radius 1 is 1.03 bits per heavy atom. The first-order valence-corrected chi connectivity index (χ1v) is 14.0. The molecule has 3 amide bonds. The normalized spacial score (nSPS) is 16.1. The van der Waals surface area contributed by atoms with Gasteiger partial charge in [0.2, 0.25) is 17.7 Å². The second-order valence-corrected chi connectivity index (χ2v) is 10.4. The van der Waals surface area contributed by atoms with Gasteiger partial charge in [0.05, 0.1) is 12.1 Å². The number of aromatic nitrogens is 1. The van der Waals surface area contributed by atoms with Crippen LogP contribution in [-0.4, -0.2) is 81.2 Å². The van der Waals surface area contributed by atoms with Crippen molar-refractivity contribution in [3.05, 3.63) is 36.0 Å². The summed E-state index contributed by atoms with van der Waals surface area (Å²) >= 11 is 1.53. The number of carboxylic acids is 1. The highest BCUT2D eigenvalue weighted by molar-refractivity contribution is 7.98. The lowest BCUT2D eigenvalue weighted by atomic mass is 9.96. The fourth-order valence-corrected chi connectivity index (χ4v) is 4.46. The van der Waals surface area contributed by atoms with E-state index in [4.69, 9.17) is 5.73 Å². The largest absolute Gasteiger partial charge is 0.480 e. The molecule has 210 valence electrons. The van der Waals surface area contributed by atoms with Crippen LogP contribution in [0, 0.1) is 5.92 Å². The van der Waals surface area contributed by atoms with Gasteiger partial charge in [-0.15, -0.1) is 0 Å². The van der Waals surface area contributed by atoms with E-state index in [9.17, 15) is 29.4 Å². The number of carbonyl (C=O) groups excluding carboxylic acids is 3. The molecule has 11 nitrogen and oxygen atoms in total. The molecule has 2 rings (SSSR count). The van der Waals surface area contributed by atoms with E-state index >= 15 is 0 Å². The Labute approximate surface area is 226 Å². The maximum atomic E-state index is 13.3. The molecule has 0 aliphatic carbocycles. The number of nitrogens with two attached hydrogens (primary N) is 1. The summed E-state index contributed by atoms with van der Waals surface area (Å²) in [5.74, 6) is -2.96. The summed E-state index contributed by atoms with van der Waals surface area (Å²) in [6, 6.07) is 2.90. The summed E-state index contributed by atoms with van der Waals surface area (Å²) in [4.78, 5) is 53.9. The van der Waals surface area contributed by atoms with Crippen LogP contribution in [0.2, 0.25) is 0 Å². The number of hydrogen-bond acceptors (Lipinski definition) is 7. The monoisotopic (exact) mass is 549 g/mol. The molecule has 0 aliphatic heterocycles. The van der Waals surface area contributed by atoms with E-state index in [0.29, 0.717) is 18.6 Å². The molecular weight excluding hydrogens is 510 g/mol. The minimum atomic E-state index is -1.34. The molecule has 0 spiro atoms. The molecular formula is C26H39N5O6S. The highest BCUT2D eigenvalue weighted by atomic mass is 32.2. The molecule has 0 saturated carbocycles. The lowest BCUT2D eigenvalue weighted by molar-refractivity contribution is -0.142. The molecule has 0 fully saturated rings. The molecule has 1 aromatic heterocycles. The van der Waals surface area contributed by atoms with Crippen LogP contribution in [-0.2, 0) is 25.6 Å². The van der Waals surface area contributed by atoms with Gasteiger partial charge in [0, 0.05) is 23.5 Å². The Morgan fingerprint density at radius 2 is 1.66 bits per heavy atom. The molecule has 8 N–H and O–H groups in total. The zero-order valence-corrected chi connectivity index (χ0v) is 23.0. The number of aliphatic hydroxyl groups is 1. The van der Waals surface area contributed by atoms with Crippen molar-refractivity contribution < 1.29 is 29.4 Å². The van der Waals surface area contributed by atoms with E-state index in [1.54, 1.807) is 13.1 Å². The van der Waals surface area contributed by atoms with Crippen molar-refractivity contribution >= 4 is 46.4 Å². The zero-order chi connectivity index (χ0) is 28.4. The number of carboxylic acid groups (broad SMARTS) is 1. The van der Waals surface area contributed by atoms with Gasteiger partial charge in [0.25, 0.3) is 0 Å². The molecule has 1 heterocycles. The number of aromatic amines is 1. The number of carbonyl (C=O) groups is 4. The summed E-state index contributed by atoms with van der Waals surface area (Å²) in [5, 5.41) is 28.5. The summed E-state index contributed by atoms with van der Waals surface area (Å²) in [6.45, 7) is 4.92. The zero-order valence-electron chi connectivity index (χ0n) is 22.2. The molecule has 0 saturated heterocycles. The second kappa shape index (κ2) is 14.7. The predicted molar refractivity (Wildman–Crippen MR) is 148 cm³/mol. The number of H-pyrrole nitrogens is 1. The summed E-state index contributed by atoms with van der Waals surface area (Å²) in [7, 11) is 0. The topological polar surface area (TPSA) is 187 Å². The third-order valence-corrected chi connectivity index (χ3v) is 7.18. The summed E-state index contributed by atoms with van der Waals surface area (Å²) < 4.78 is 0. The van der Waals surface area contributed by atoms with Crippen LogP contribution < -0.4 is 21.7 Å². The SMILES string of the molecule is CCC(C)C(NC(=O)C(NC(=O)C(N)CCSC)C(C)O)C(=O)NC(Cc1c[nH]c2ccccc12)C(=O)O. The van der Waals surface area contributed by atoms with E-state index in [-0.39, 0.29) is 12.3 Å². The van der Waals surface area contributed by atoms with Gasteiger partial charge in [-0.2, -0.15) is 11.8 Å². The Balaban J connectivity index is 2.16. The molecule has 0 aliphatic rings. The van der Waals surface area contributed by atoms with Crippen LogP contribution in [0.1, 0.15) is 39.2 Å². The van der Waals surface area contributed by atoms with Crippen LogP contribution >= 0.6 is 11.8 Å². The standard InChI is InChI=1S/C26H39N5O6S/c1-5-14(2)21(30-25(35)22(15(3)32)31-23(33)18(27)10-11-38-4)24(34)29-20(26(36)37)12-16-13-28-19-9-7-6-8-17(16)19/h6-9,13-15,18,20-22,28,32H,5,10-12,27H2,1-4H3,(H,29,34)(H,30,35)(H,31,33)(H,36,37). The van der Waals surface area contributed by atoms with Gasteiger partial charge in [0.1, 0.15) is 18.1 Å². The maximum absolute atomic E-state index is 13.3. The fraction of sp³-hybridized carbons (Fsp3) is 0.538. The first-order chi connectivity index (χ1) is 18.0. The average Bonchev–Trinajstić information content (AvgIpc) is 3.30. The number of hydrogen-bond donors (Lipinski definition) is 7. The molecule has 2 aromatic rings. The van der Waals surface area contributed by atoms with Crippen LogP contribution in [0.15, 0.2) is 30.5 Å². The van der Waals surface area contributed by atoms with E-state index in [1.807, 2.05) is 37.4 Å². The summed E-state index contributed by atoms with van der Waals surface area (Å²) in [6.07, 6.45) is 3.26. The first kappa shape index (κ1) is 31.1. The van der Waals surface area contributed by atoms with E-state index in [1.165, 1.54) is 18.7 Å². The minimum absolute atomic E-state index is 0.0343. The maximum Gasteiger partial charge on any atom is 0.326 e. The predicted octanol–water partition coefficient (Wildman–Crippen LogP) is 0.757. The van der Waals surface area contributed by atoms with Crippen LogP contribution in [0.4, 0.5) is 0 Å². The summed E-state index contributed by atoms with van der Waals surface area (Å²) in [5.41, 5.74) is 7.46. The Morgan fingerprint density at radius 3 is 2.26 bits per heavy atom. The second-order valence-electron chi connectivity index (χ2n) is 9.45. The number of aliphatic carboxylic acids is 1. The number of para-hydroxylation sites is 1. The Kier molecular flexibility index (Phi) is 12.1. The van der Waals surface area contributed by atoms with Gasteiger partial charge in [-0.05, 0) is 42.9 Å². The number of amides is 3. The smallest absolute Gasteiger partial charge is 0.326 e. The number of nitrogens with one attached hydrogen (secondary N) is 4. The van der Waals surface area contributed by atoms with E-state index in [0.717, 1.165) is 16.5 Å². The average molecular weight is 550 g/mol. The van der Waals surface area contributed by atoms with Crippen molar-refractivity contribution in [2.45, 2.75) is 70.3 Å². The third kappa shape index (κ3) is 8.47. The van der Waals surface area contributed by atoms with Gasteiger partial charge in [-0.3, -0.25) is 14.4 Å². The highest BCUT2D eigenvalue weighted by Crippen LogP contribution is 2.19. The van der Waals surface area contributed by atoms with Crippen molar-refractivity contribution in [2.24, 2.45) is 11.7 Å². The van der Waals surface area contributed by atoms with Gasteiger partial charge in [-0.25, -0.2) is 4.79 Å². The number of aliphatic hydroxyl groups excluding tert-OH is 1. The van der Waals surface area contributed by atoms with Crippen LogP contribution in [0.3, 0.4) is 0 Å². The Hall–Kier alpha value is -3.09. The van der Waals surface area contributed by atoms with Crippen molar-refractivity contribution in [3.63, 3.8) is 0 Å². The Bertz CT molecular complexity index is 1110. The first-order valence-electron chi connectivity index (χ1n) is 12.6. The molecule has 38 heavy (non-hydrogen) atoms. The molecule has 1 aromatic carbocycles. The van der Waals surface area contributed by atoms with Crippen LogP contribution in [0.25, 0.3) is 10.9 Å². The van der Waals surface area contributed by atoms with Crippen molar-refractivity contribution in [1.82, 2.24) is 20.9 Å². The van der Waals surface area contributed by atoms with Gasteiger partial charge >= 0.3 is 5.97 Å². The van der Waals surface area contributed by atoms with E-state index in [2.05, 4.69) is 20.9 Å². The van der Waals surface area contributed by atoms with E-state index < -0.39 is 54.0 Å².